The lowest BCUT2D eigenvalue weighted by molar-refractivity contribution is 0.165. The van der Waals surface area contributed by atoms with Gasteiger partial charge in [0, 0.05) is 6.42 Å². The van der Waals surface area contributed by atoms with Crippen LogP contribution in [0.15, 0.2) is 30.6 Å². The van der Waals surface area contributed by atoms with Crippen molar-refractivity contribution in [3.05, 3.63) is 53.2 Å². The van der Waals surface area contributed by atoms with Crippen LogP contribution in [0.3, 0.4) is 0 Å². The van der Waals surface area contributed by atoms with Crippen molar-refractivity contribution in [2.24, 2.45) is 0 Å². The fourth-order valence-corrected chi connectivity index (χ4v) is 2.65. The fraction of sp³-hybridized carbons (Fsp3) is 0.333. The molecule has 0 saturated carbocycles. The smallest absolute Gasteiger partial charge is 0.186 e. The minimum atomic E-state index is -0.577. The maximum absolute atomic E-state index is 14.2. The lowest BCUT2D eigenvalue weighted by Gasteiger charge is -2.19. The molecule has 5 heteroatoms. The summed E-state index contributed by atoms with van der Waals surface area (Å²) in [6.45, 7) is 1.84. The molecule has 1 aromatic carbocycles. The average Bonchev–Trinajstić information content (AvgIpc) is 2.77. The van der Waals surface area contributed by atoms with Crippen LogP contribution in [0.1, 0.15) is 29.8 Å². The summed E-state index contributed by atoms with van der Waals surface area (Å²) in [6.07, 6.45) is 1.85. The molecule has 1 aromatic heterocycles. The third-order valence-corrected chi connectivity index (χ3v) is 3.69. The molecule has 2 atom stereocenters. The van der Waals surface area contributed by atoms with Gasteiger partial charge < -0.3 is 10.4 Å². The minimum absolute atomic E-state index is 0.151. The van der Waals surface area contributed by atoms with E-state index in [1.54, 1.807) is 0 Å². The van der Waals surface area contributed by atoms with E-state index in [9.17, 15) is 9.50 Å². The van der Waals surface area contributed by atoms with Crippen molar-refractivity contribution in [2.45, 2.75) is 31.9 Å². The number of benzene rings is 1. The summed E-state index contributed by atoms with van der Waals surface area (Å²) in [4.78, 5) is 7.86. The maximum atomic E-state index is 14.2. The van der Waals surface area contributed by atoms with Crippen LogP contribution >= 0.6 is 0 Å². The Balaban J connectivity index is 1.92. The van der Waals surface area contributed by atoms with E-state index in [2.05, 4.69) is 15.3 Å². The zero-order valence-electron chi connectivity index (χ0n) is 11.2. The Morgan fingerprint density at radius 3 is 2.95 bits per heavy atom. The van der Waals surface area contributed by atoms with E-state index >= 15 is 0 Å². The highest BCUT2D eigenvalue weighted by atomic mass is 19.1. The van der Waals surface area contributed by atoms with Gasteiger partial charge in [-0.05, 0) is 17.5 Å². The number of aryl methyl sites for hydroxylation is 1. The molecule has 1 heterocycles. The first-order valence-electron chi connectivity index (χ1n) is 6.72. The molecule has 4 nitrogen and oxygen atoms in total. The van der Waals surface area contributed by atoms with Gasteiger partial charge in [0.2, 0.25) is 0 Å². The van der Waals surface area contributed by atoms with Crippen LogP contribution in [0.2, 0.25) is 0 Å². The van der Waals surface area contributed by atoms with E-state index in [4.69, 9.17) is 0 Å². The third kappa shape index (κ3) is 2.14. The third-order valence-electron chi connectivity index (χ3n) is 3.69. The fourth-order valence-electron chi connectivity index (χ4n) is 2.65. The van der Waals surface area contributed by atoms with Gasteiger partial charge in [-0.2, -0.15) is 0 Å². The van der Waals surface area contributed by atoms with Crippen LogP contribution in [0.5, 0.6) is 0 Å². The molecule has 20 heavy (non-hydrogen) atoms. The van der Waals surface area contributed by atoms with E-state index in [1.807, 2.05) is 31.2 Å². The average molecular weight is 273 g/mol. The van der Waals surface area contributed by atoms with Crippen LogP contribution in [0.4, 0.5) is 10.2 Å². The number of rotatable bonds is 3. The normalized spacial score (nSPS) is 20.8. The summed E-state index contributed by atoms with van der Waals surface area (Å²) in [5.41, 5.74) is 2.46. The summed E-state index contributed by atoms with van der Waals surface area (Å²) in [5.74, 6) is -0.288. The molecular formula is C15H16FN3O. The van der Waals surface area contributed by atoms with Gasteiger partial charge in [-0.3, -0.25) is 0 Å². The zero-order chi connectivity index (χ0) is 14.1. The summed E-state index contributed by atoms with van der Waals surface area (Å²) < 4.78 is 14.2. The molecule has 104 valence electrons. The minimum Gasteiger partial charge on any atom is -0.390 e. The molecule has 3 rings (SSSR count). The van der Waals surface area contributed by atoms with E-state index in [-0.39, 0.29) is 11.9 Å². The van der Waals surface area contributed by atoms with Gasteiger partial charge in [0.15, 0.2) is 11.6 Å². The first-order chi connectivity index (χ1) is 9.70. The lowest BCUT2D eigenvalue weighted by Crippen LogP contribution is -2.22. The molecule has 0 bridgehead atoms. The van der Waals surface area contributed by atoms with Crippen LogP contribution < -0.4 is 5.32 Å². The second-order valence-corrected chi connectivity index (χ2v) is 4.93. The first-order valence-corrected chi connectivity index (χ1v) is 6.72. The molecule has 0 spiro atoms. The molecule has 2 unspecified atom stereocenters. The molecule has 0 saturated heterocycles. The van der Waals surface area contributed by atoms with Crippen molar-refractivity contribution in [3.8, 4) is 0 Å². The highest BCUT2D eigenvalue weighted by molar-refractivity contribution is 5.46. The monoisotopic (exact) mass is 273 g/mol. The van der Waals surface area contributed by atoms with Gasteiger partial charge in [0.05, 0.1) is 17.8 Å². The van der Waals surface area contributed by atoms with Gasteiger partial charge >= 0.3 is 0 Å². The second-order valence-electron chi connectivity index (χ2n) is 4.93. The number of hydrogen-bond acceptors (Lipinski definition) is 4. The Hall–Kier alpha value is -2.01. The molecule has 1 aliphatic carbocycles. The number of aliphatic hydroxyl groups is 1. The molecule has 2 N–H and O–H groups in total. The zero-order valence-corrected chi connectivity index (χ0v) is 11.2. The van der Waals surface area contributed by atoms with Gasteiger partial charge in [0.25, 0.3) is 0 Å². The van der Waals surface area contributed by atoms with Gasteiger partial charge in [-0.25, -0.2) is 14.4 Å². The molecule has 2 aromatic rings. The van der Waals surface area contributed by atoms with Gasteiger partial charge in [-0.1, -0.05) is 31.2 Å². The summed E-state index contributed by atoms with van der Waals surface area (Å²) in [6, 6.07) is 7.45. The van der Waals surface area contributed by atoms with Crippen molar-refractivity contribution in [1.29, 1.82) is 0 Å². The van der Waals surface area contributed by atoms with Crippen molar-refractivity contribution >= 4 is 5.82 Å². The molecule has 0 fully saturated rings. The van der Waals surface area contributed by atoms with Crippen molar-refractivity contribution in [1.82, 2.24) is 9.97 Å². The van der Waals surface area contributed by atoms with Gasteiger partial charge in [0.1, 0.15) is 6.33 Å². The lowest BCUT2D eigenvalue weighted by atomic mass is 10.1. The number of nitrogens with one attached hydrogen (secondary N) is 1. The van der Waals surface area contributed by atoms with Crippen molar-refractivity contribution in [2.75, 3.05) is 5.32 Å². The van der Waals surface area contributed by atoms with E-state index < -0.39 is 11.9 Å². The Kier molecular flexibility index (Phi) is 3.36. The molecule has 0 aliphatic heterocycles. The molecule has 0 radical (unpaired) electrons. The number of halogens is 1. The van der Waals surface area contributed by atoms with Crippen molar-refractivity contribution < 1.29 is 9.50 Å². The molecule has 0 amide bonds. The summed E-state index contributed by atoms with van der Waals surface area (Å²) >= 11 is 0. The summed E-state index contributed by atoms with van der Waals surface area (Å²) in [7, 11) is 0. The molecular weight excluding hydrogens is 257 g/mol. The maximum Gasteiger partial charge on any atom is 0.186 e. The quantitative estimate of drug-likeness (QED) is 0.900. The topological polar surface area (TPSA) is 58.0 Å². The Morgan fingerprint density at radius 2 is 2.15 bits per heavy atom. The van der Waals surface area contributed by atoms with Crippen LogP contribution in [0, 0.1) is 5.82 Å². The highest BCUT2D eigenvalue weighted by Gasteiger charge is 2.31. The Labute approximate surface area is 116 Å². The Morgan fingerprint density at radius 1 is 1.35 bits per heavy atom. The number of aliphatic hydroxyl groups excluding tert-OH is 1. The second kappa shape index (κ2) is 5.17. The predicted octanol–water partition coefficient (Wildman–Crippen LogP) is 2.25. The standard InChI is InChI=1S/C15H16FN3O/c1-2-11-13(16)15(18-8-17-11)19-14-10-6-4-3-5-9(10)7-12(14)20/h3-6,8,12,14,20H,2,7H2,1H3,(H,17,18,19). The predicted molar refractivity (Wildman–Crippen MR) is 73.9 cm³/mol. The van der Waals surface area contributed by atoms with Crippen LogP contribution in [-0.4, -0.2) is 21.2 Å². The number of aromatic nitrogens is 2. The van der Waals surface area contributed by atoms with Gasteiger partial charge in [-0.15, -0.1) is 0 Å². The number of hydrogen-bond donors (Lipinski definition) is 2. The molecule has 1 aliphatic rings. The number of nitrogens with zero attached hydrogens (tertiary/aromatic N) is 2. The summed E-state index contributed by atoms with van der Waals surface area (Å²) in [5, 5.41) is 13.2. The van der Waals surface area contributed by atoms with E-state index in [0.717, 1.165) is 11.1 Å². The van der Waals surface area contributed by atoms with Crippen molar-refractivity contribution in [3.63, 3.8) is 0 Å². The van der Waals surface area contributed by atoms with E-state index in [0.29, 0.717) is 18.5 Å². The number of fused-ring (bicyclic) bond motifs is 1. The largest absolute Gasteiger partial charge is 0.390 e. The highest BCUT2D eigenvalue weighted by Crippen LogP contribution is 2.34. The van der Waals surface area contributed by atoms with Crippen LogP contribution in [0.25, 0.3) is 0 Å². The first kappa shape index (κ1) is 13.0. The number of anilines is 1. The van der Waals surface area contributed by atoms with Crippen LogP contribution in [-0.2, 0) is 12.8 Å². The SMILES string of the molecule is CCc1ncnc(NC2c3ccccc3CC2O)c1F. The van der Waals surface area contributed by atoms with E-state index in [1.165, 1.54) is 6.33 Å². The Bertz CT molecular complexity index is 632.